The van der Waals surface area contributed by atoms with Crippen LogP contribution in [-0.4, -0.2) is 77.9 Å². The number of β-amino-alcohol motifs (C(OH)–C–C–N with tert-alkyl or cyclic N) is 1. The number of carbonyl (C=O) groups excluding carboxylic acids is 1. The van der Waals surface area contributed by atoms with E-state index in [9.17, 15) is 15.0 Å². The molecule has 1 saturated heterocycles. The number of hydrogen-bond donors (Lipinski definition) is 2. The van der Waals surface area contributed by atoms with Crippen LogP contribution < -0.4 is 4.90 Å². The van der Waals surface area contributed by atoms with Crippen LogP contribution in [0.3, 0.4) is 0 Å². The summed E-state index contributed by atoms with van der Waals surface area (Å²) >= 11 is 0. The van der Waals surface area contributed by atoms with Crippen molar-refractivity contribution in [2.75, 3.05) is 50.8 Å². The number of hydrogen-bond acceptors (Lipinski definition) is 5. The number of amides is 1. The van der Waals surface area contributed by atoms with Crippen LogP contribution in [0.15, 0.2) is 42.5 Å². The highest BCUT2D eigenvalue weighted by Crippen LogP contribution is 2.28. The highest BCUT2D eigenvalue weighted by Gasteiger charge is 2.28. The lowest BCUT2D eigenvalue weighted by Crippen LogP contribution is -2.46. The average molecular weight is 450 g/mol. The molecule has 0 aromatic heterocycles. The number of nitrogens with zero attached hydrogens (tertiary/aromatic N) is 3. The van der Waals surface area contributed by atoms with Gasteiger partial charge in [0.2, 0.25) is 0 Å². The fourth-order valence-electron chi connectivity index (χ4n) is 5.59. The second-order valence-corrected chi connectivity index (χ2v) is 9.86. The van der Waals surface area contributed by atoms with Crippen molar-refractivity contribution in [1.82, 2.24) is 9.80 Å². The third-order valence-electron chi connectivity index (χ3n) is 7.61. The zero-order valence-corrected chi connectivity index (χ0v) is 19.3. The predicted molar refractivity (Wildman–Crippen MR) is 130 cm³/mol. The molecule has 0 spiro atoms. The minimum atomic E-state index is -0.548. The summed E-state index contributed by atoms with van der Waals surface area (Å²) in [5.41, 5.74) is 5.81. The summed E-state index contributed by atoms with van der Waals surface area (Å²) in [5.74, 6) is 0.449. The van der Waals surface area contributed by atoms with E-state index < -0.39 is 6.10 Å². The highest BCUT2D eigenvalue weighted by atomic mass is 16.3. The fraction of sp³-hybridized carbons (Fsp3) is 0.519. The molecular weight excluding hydrogens is 414 g/mol. The Morgan fingerprint density at radius 1 is 0.909 bits per heavy atom. The van der Waals surface area contributed by atoms with Crippen LogP contribution in [0, 0.1) is 5.92 Å². The molecule has 3 heterocycles. The van der Waals surface area contributed by atoms with E-state index in [4.69, 9.17) is 0 Å². The minimum Gasteiger partial charge on any atom is -0.396 e. The normalized spacial score (nSPS) is 20.5. The molecule has 0 saturated carbocycles. The van der Waals surface area contributed by atoms with Crippen LogP contribution >= 0.6 is 0 Å². The van der Waals surface area contributed by atoms with Gasteiger partial charge in [-0.2, -0.15) is 0 Å². The Labute approximate surface area is 196 Å². The predicted octanol–water partition coefficient (Wildman–Crippen LogP) is 2.31. The Hall–Kier alpha value is -2.41. The Bertz CT molecular complexity index is 986. The lowest BCUT2D eigenvalue weighted by atomic mass is 9.95. The van der Waals surface area contributed by atoms with Crippen molar-refractivity contribution in [3.05, 3.63) is 64.7 Å². The number of anilines is 1. The number of rotatable bonds is 6. The minimum absolute atomic E-state index is 0.0322. The number of aliphatic hydroxyl groups is 2. The molecule has 2 aromatic carbocycles. The molecule has 1 atom stereocenters. The molecule has 1 amide bonds. The van der Waals surface area contributed by atoms with E-state index in [0.29, 0.717) is 25.6 Å². The summed E-state index contributed by atoms with van der Waals surface area (Å²) in [6, 6.07) is 14.7. The van der Waals surface area contributed by atoms with Gasteiger partial charge in [-0.1, -0.05) is 24.3 Å². The highest BCUT2D eigenvalue weighted by molar-refractivity contribution is 5.97. The van der Waals surface area contributed by atoms with E-state index in [1.807, 2.05) is 11.0 Å². The first kappa shape index (κ1) is 22.4. The molecule has 5 rings (SSSR count). The number of piperidine rings is 1. The van der Waals surface area contributed by atoms with Crippen molar-refractivity contribution in [1.29, 1.82) is 0 Å². The van der Waals surface area contributed by atoms with Crippen molar-refractivity contribution < 1.29 is 15.0 Å². The number of carbonyl (C=O) groups is 1. The van der Waals surface area contributed by atoms with Gasteiger partial charge in [-0.3, -0.25) is 9.69 Å². The number of benzene rings is 2. The van der Waals surface area contributed by atoms with Crippen molar-refractivity contribution in [3.63, 3.8) is 0 Å². The van der Waals surface area contributed by atoms with Gasteiger partial charge in [0.1, 0.15) is 0 Å². The Kier molecular flexibility index (Phi) is 6.67. The Morgan fingerprint density at radius 3 is 2.45 bits per heavy atom. The summed E-state index contributed by atoms with van der Waals surface area (Å²) in [6.45, 7) is 5.63. The molecule has 2 N–H and O–H groups in total. The van der Waals surface area contributed by atoms with Gasteiger partial charge >= 0.3 is 0 Å². The van der Waals surface area contributed by atoms with Crippen molar-refractivity contribution in [2.24, 2.45) is 5.92 Å². The average Bonchev–Trinajstić information content (AvgIpc) is 2.85. The summed E-state index contributed by atoms with van der Waals surface area (Å²) in [6.07, 6.45) is 3.32. The Balaban J connectivity index is 1.17. The van der Waals surface area contributed by atoms with E-state index >= 15 is 0 Å². The van der Waals surface area contributed by atoms with Crippen LogP contribution in [-0.2, 0) is 19.4 Å². The van der Waals surface area contributed by atoms with Crippen LogP contribution in [0.2, 0.25) is 0 Å². The van der Waals surface area contributed by atoms with Gasteiger partial charge in [0.15, 0.2) is 0 Å². The maximum atomic E-state index is 13.1. The largest absolute Gasteiger partial charge is 0.396 e. The van der Waals surface area contributed by atoms with Crippen LogP contribution in [0.25, 0.3) is 0 Å². The number of aliphatic hydroxyl groups excluding tert-OH is 2. The lowest BCUT2D eigenvalue weighted by Gasteiger charge is -2.35. The second kappa shape index (κ2) is 9.84. The second-order valence-electron chi connectivity index (χ2n) is 9.86. The van der Waals surface area contributed by atoms with Gasteiger partial charge in [0.25, 0.3) is 5.91 Å². The first-order valence-electron chi connectivity index (χ1n) is 12.4. The van der Waals surface area contributed by atoms with Crippen LogP contribution in [0.5, 0.6) is 0 Å². The monoisotopic (exact) mass is 449 g/mol. The maximum absolute atomic E-state index is 13.1. The molecule has 0 radical (unpaired) electrons. The quantitative estimate of drug-likeness (QED) is 0.709. The molecule has 1 fully saturated rings. The molecule has 3 aliphatic heterocycles. The van der Waals surface area contributed by atoms with E-state index in [1.165, 1.54) is 16.8 Å². The molecule has 2 aromatic rings. The number of fused-ring (bicyclic) bond motifs is 2. The van der Waals surface area contributed by atoms with Crippen LogP contribution in [0.4, 0.5) is 5.69 Å². The zero-order chi connectivity index (χ0) is 22.8. The molecule has 33 heavy (non-hydrogen) atoms. The molecule has 0 bridgehead atoms. The molecule has 176 valence electrons. The molecule has 3 aliphatic rings. The molecular formula is C27H35N3O3. The van der Waals surface area contributed by atoms with E-state index in [2.05, 4.69) is 46.2 Å². The van der Waals surface area contributed by atoms with Crippen molar-refractivity contribution in [2.45, 2.75) is 38.3 Å². The summed E-state index contributed by atoms with van der Waals surface area (Å²) < 4.78 is 0. The standard InChI is InChI=1S/C27H35N3O3/c31-19-20-7-12-29(13-8-20)24-5-6-26-22(15-24)10-14-30(27(26)33)18-25(32)17-28-11-9-21-3-1-2-4-23(21)16-28/h1-6,15,20,25,31-32H,7-14,16-19H2. The van der Waals surface area contributed by atoms with Gasteiger partial charge in [-0.25, -0.2) is 0 Å². The molecule has 1 unspecified atom stereocenters. The zero-order valence-electron chi connectivity index (χ0n) is 19.3. The third-order valence-corrected chi connectivity index (χ3v) is 7.61. The van der Waals surface area contributed by atoms with E-state index in [0.717, 1.165) is 63.0 Å². The van der Waals surface area contributed by atoms with Gasteiger partial charge in [0.05, 0.1) is 6.10 Å². The van der Waals surface area contributed by atoms with E-state index in [-0.39, 0.29) is 12.5 Å². The van der Waals surface area contributed by atoms with Gasteiger partial charge < -0.3 is 20.0 Å². The molecule has 6 heteroatoms. The Morgan fingerprint density at radius 2 is 1.67 bits per heavy atom. The lowest BCUT2D eigenvalue weighted by molar-refractivity contribution is 0.0493. The summed E-state index contributed by atoms with van der Waals surface area (Å²) in [5, 5.41) is 20.1. The van der Waals surface area contributed by atoms with Gasteiger partial charge in [-0.15, -0.1) is 0 Å². The summed E-state index contributed by atoms with van der Waals surface area (Å²) in [4.78, 5) is 19.6. The first-order chi connectivity index (χ1) is 16.1. The smallest absolute Gasteiger partial charge is 0.254 e. The molecule has 0 aliphatic carbocycles. The van der Waals surface area contributed by atoms with Gasteiger partial charge in [-0.05, 0) is 66.5 Å². The third kappa shape index (κ3) is 4.93. The maximum Gasteiger partial charge on any atom is 0.254 e. The SMILES string of the molecule is O=C1c2ccc(N3CCC(CO)CC3)cc2CCN1CC(O)CN1CCc2ccccc2C1. The van der Waals surface area contributed by atoms with Crippen LogP contribution in [0.1, 0.15) is 39.9 Å². The topological polar surface area (TPSA) is 67.2 Å². The van der Waals surface area contributed by atoms with Gasteiger partial charge in [0, 0.05) is 63.7 Å². The van der Waals surface area contributed by atoms with E-state index in [1.54, 1.807) is 0 Å². The first-order valence-corrected chi connectivity index (χ1v) is 12.4. The van der Waals surface area contributed by atoms with Crippen molar-refractivity contribution >= 4 is 11.6 Å². The van der Waals surface area contributed by atoms with Crippen molar-refractivity contribution in [3.8, 4) is 0 Å². The fourth-order valence-corrected chi connectivity index (χ4v) is 5.59. The summed E-state index contributed by atoms with van der Waals surface area (Å²) in [7, 11) is 0. The molecule has 6 nitrogen and oxygen atoms in total.